The summed E-state index contributed by atoms with van der Waals surface area (Å²) in [6.45, 7) is 1.60. The van der Waals surface area contributed by atoms with Gasteiger partial charge in [0.25, 0.3) is 0 Å². The Labute approximate surface area is 127 Å². The zero-order chi connectivity index (χ0) is 16.5. The fourth-order valence-electron chi connectivity index (χ4n) is 2.09. The molecule has 124 valence electrons. The Hall–Kier alpha value is -1.12. The highest BCUT2D eigenvalue weighted by molar-refractivity contribution is 7.89. The molecule has 2 rings (SSSR count). The third-order valence-electron chi connectivity index (χ3n) is 3.84. The number of alkyl halides is 3. The molecular weight excluding hydrogens is 319 g/mol. The van der Waals surface area contributed by atoms with E-state index in [2.05, 4.69) is 0 Å². The molecule has 8 heteroatoms. The minimum atomic E-state index is -4.29. The average Bonchev–Trinajstić information content (AvgIpc) is 2.35. The van der Waals surface area contributed by atoms with Crippen LogP contribution in [0.1, 0.15) is 24.0 Å². The molecule has 1 fully saturated rings. The summed E-state index contributed by atoms with van der Waals surface area (Å²) in [6.07, 6.45) is -4.29. The Morgan fingerprint density at radius 3 is 2.23 bits per heavy atom. The van der Waals surface area contributed by atoms with Gasteiger partial charge in [0.1, 0.15) is 5.25 Å². The van der Waals surface area contributed by atoms with Crippen LogP contribution >= 0.6 is 0 Å². The molecule has 0 aliphatic carbocycles. The van der Waals surface area contributed by atoms with E-state index in [1.165, 1.54) is 35.6 Å². The number of ether oxygens (including phenoxy) is 1. The van der Waals surface area contributed by atoms with Crippen LogP contribution in [0.15, 0.2) is 24.3 Å². The summed E-state index contributed by atoms with van der Waals surface area (Å²) in [4.78, 5) is 0. The first-order valence-corrected chi connectivity index (χ1v) is 8.31. The highest BCUT2D eigenvalue weighted by Gasteiger charge is 2.37. The minimum absolute atomic E-state index is 0.125. The predicted molar refractivity (Wildman–Crippen MR) is 75.9 cm³/mol. The molecule has 1 unspecified atom stereocenters. The van der Waals surface area contributed by atoms with Crippen molar-refractivity contribution in [2.75, 3.05) is 20.3 Å². The molecule has 1 heterocycles. The summed E-state index contributed by atoms with van der Waals surface area (Å²) >= 11 is 0. The minimum Gasteiger partial charge on any atom is -0.378 e. The fourth-order valence-corrected chi connectivity index (χ4v) is 3.46. The first-order chi connectivity index (χ1) is 10.1. The number of halogens is 3. The van der Waals surface area contributed by atoms with Crippen molar-refractivity contribution in [2.45, 2.75) is 30.8 Å². The Kier molecular flexibility index (Phi) is 4.84. The van der Waals surface area contributed by atoms with Crippen LogP contribution in [0.5, 0.6) is 0 Å². The number of sulfonamides is 1. The SMILES string of the molecule is CC(c1ccc(CN(C)S(=O)(=O)C2COC2)cc1)C(F)(F)F. The smallest absolute Gasteiger partial charge is 0.378 e. The quantitative estimate of drug-likeness (QED) is 0.829. The van der Waals surface area contributed by atoms with Gasteiger partial charge in [0.05, 0.1) is 19.1 Å². The molecule has 22 heavy (non-hydrogen) atoms. The predicted octanol–water partition coefficient (Wildman–Crippen LogP) is 2.51. The van der Waals surface area contributed by atoms with Gasteiger partial charge in [0, 0.05) is 13.6 Å². The second-order valence-corrected chi connectivity index (χ2v) is 7.79. The third kappa shape index (κ3) is 3.61. The van der Waals surface area contributed by atoms with E-state index in [0.29, 0.717) is 5.56 Å². The van der Waals surface area contributed by atoms with Gasteiger partial charge in [-0.1, -0.05) is 24.3 Å². The van der Waals surface area contributed by atoms with E-state index in [1.807, 2.05) is 0 Å². The lowest BCUT2D eigenvalue weighted by atomic mass is 9.99. The maximum absolute atomic E-state index is 12.6. The van der Waals surface area contributed by atoms with Crippen molar-refractivity contribution in [3.05, 3.63) is 35.4 Å². The third-order valence-corrected chi connectivity index (χ3v) is 5.95. The van der Waals surface area contributed by atoms with Crippen molar-refractivity contribution in [1.82, 2.24) is 4.31 Å². The average molecular weight is 337 g/mol. The van der Waals surface area contributed by atoms with Crippen LogP contribution in [-0.2, 0) is 21.3 Å². The fraction of sp³-hybridized carbons (Fsp3) is 0.571. The van der Waals surface area contributed by atoms with Crippen LogP contribution in [0.3, 0.4) is 0 Å². The van der Waals surface area contributed by atoms with Gasteiger partial charge in [-0.2, -0.15) is 13.2 Å². The first-order valence-electron chi connectivity index (χ1n) is 6.81. The molecule has 1 aromatic rings. The van der Waals surface area contributed by atoms with Crippen molar-refractivity contribution >= 4 is 10.0 Å². The number of rotatable bonds is 5. The van der Waals surface area contributed by atoms with E-state index in [0.717, 1.165) is 6.92 Å². The number of hydrogen-bond acceptors (Lipinski definition) is 3. The van der Waals surface area contributed by atoms with Crippen LogP contribution in [0, 0.1) is 0 Å². The van der Waals surface area contributed by atoms with Crippen molar-refractivity contribution in [3.63, 3.8) is 0 Å². The van der Waals surface area contributed by atoms with Crippen molar-refractivity contribution in [2.24, 2.45) is 0 Å². The molecule has 0 bridgehead atoms. The molecule has 0 spiro atoms. The molecule has 0 aromatic heterocycles. The standard InChI is InChI=1S/C14H18F3NO3S/c1-10(14(15,16)17)12-5-3-11(4-6-12)7-18(2)22(19,20)13-8-21-9-13/h3-6,10,13H,7-9H2,1-2H3. The number of hydrogen-bond donors (Lipinski definition) is 0. The van der Waals surface area contributed by atoms with Gasteiger partial charge in [-0.05, 0) is 18.1 Å². The highest BCUT2D eigenvalue weighted by atomic mass is 32.2. The van der Waals surface area contributed by atoms with Gasteiger partial charge >= 0.3 is 6.18 Å². The molecule has 1 aliphatic rings. The van der Waals surface area contributed by atoms with E-state index in [-0.39, 0.29) is 25.3 Å². The zero-order valence-corrected chi connectivity index (χ0v) is 13.1. The monoisotopic (exact) mass is 337 g/mol. The highest BCUT2D eigenvalue weighted by Crippen LogP contribution is 2.34. The lowest BCUT2D eigenvalue weighted by molar-refractivity contribution is -0.146. The normalized spacial score (nSPS) is 18.3. The van der Waals surface area contributed by atoms with Gasteiger partial charge in [-0.15, -0.1) is 0 Å². The van der Waals surface area contributed by atoms with E-state index in [4.69, 9.17) is 4.74 Å². The molecule has 1 atom stereocenters. The zero-order valence-electron chi connectivity index (χ0n) is 12.3. The Balaban J connectivity index is 2.05. The van der Waals surface area contributed by atoms with Gasteiger partial charge < -0.3 is 4.74 Å². The summed E-state index contributed by atoms with van der Waals surface area (Å²) < 4.78 is 68.2. The lowest BCUT2D eigenvalue weighted by Gasteiger charge is -2.30. The summed E-state index contributed by atoms with van der Waals surface area (Å²) in [6, 6.07) is 5.84. The number of benzene rings is 1. The van der Waals surface area contributed by atoms with Crippen LogP contribution in [-0.4, -0.2) is 44.4 Å². The van der Waals surface area contributed by atoms with Crippen LogP contribution in [0.4, 0.5) is 13.2 Å². The summed E-state index contributed by atoms with van der Waals surface area (Å²) in [5, 5.41) is -0.526. The molecule has 1 saturated heterocycles. The van der Waals surface area contributed by atoms with E-state index in [9.17, 15) is 21.6 Å². The maximum Gasteiger partial charge on any atom is 0.395 e. The molecule has 1 aliphatic heterocycles. The van der Waals surface area contributed by atoms with Crippen molar-refractivity contribution < 1.29 is 26.3 Å². The van der Waals surface area contributed by atoms with Gasteiger partial charge in [0.15, 0.2) is 0 Å². The van der Waals surface area contributed by atoms with Crippen molar-refractivity contribution in [3.8, 4) is 0 Å². The second kappa shape index (κ2) is 6.17. The second-order valence-electron chi connectivity index (χ2n) is 5.47. The summed E-state index contributed by atoms with van der Waals surface area (Å²) in [5.41, 5.74) is 0.804. The Morgan fingerprint density at radius 2 is 1.82 bits per heavy atom. The molecule has 0 amide bonds. The number of nitrogens with zero attached hydrogens (tertiary/aromatic N) is 1. The molecule has 0 saturated carbocycles. The maximum atomic E-state index is 12.6. The van der Waals surface area contributed by atoms with Crippen LogP contribution in [0.2, 0.25) is 0 Å². The molecule has 0 radical (unpaired) electrons. The molecule has 4 nitrogen and oxygen atoms in total. The first kappa shape index (κ1) is 17.2. The summed E-state index contributed by atoms with van der Waals surface area (Å²) in [5.74, 6) is -1.55. The molecule has 1 aromatic carbocycles. The van der Waals surface area contributed by atoms with Crippen LogP contribution in [0.25, 0.3) is 0 Å². The van der Waals surface area contributed by atoms with Gasteiger partial charge in [-0.25, -0.2) is 12.7 Å². The van der Waals surface area contributed by atoms with E-state index in [1.54, 1.807) is 0 Å². The Bertz CT molecular complexity index is 609. The summed E-state index contributed by atoms with van der Waals surface area (Å²) in [7, 11) is -1.96. The van der Waals surface area contributed by atoms with Crippen LogP contribution < -0.4 is 0 Å². The van der Waals surface area contributed by atoms with Crippen molar-refractivity contribution in [1.29, 1.82) is 0 Å². The van der Waals surface area contributed by atoms with Gasteiger partial charge in [0.2, 0.25) is 10.0 Å². The topological polar surface area (TPSA) is 46.6 Å². The van der Waals surface area contributed by atoms with Gasteiger partial charge in [-0.3, -0.25) is 0 Å². The Morgan fingerprint density at radius 1 is 1.27 bits per heavy atom. The molecule has 0 N–H and O–H groups in total. The van der Waals surface area contributed by atoms with E-state index < -0.39 is 27.4 Å². The van der Waals surface area contributed by atoms with E-state index >= 15 is 0 Å². The molecular formula is C14H18F3NO3S. The lowest BCUT2D eigenvalue weighted by Crippen LogP contribution is -2.47. The largest absolute Gasteiger partial charge is 0.395 e.